The molecule has 27 heavy (non-hydrogen) atoms. The maximum atomic E-state index is 12.1. The van der Waals surface area contributed by atoms with Crippen LogP contribution >= 0.6 is 0 Å². The molecule has 1 aliphatic rings. The van der Waals surface area contributed by atoms with Gasteiger partial charge in [-0.3, -0.25) is 9.59 Å². The molecule has 1 N–H and O–H groups in total. The third-order valence-corrected chi connectivity index (χ3v) is 5.50. The van der Waals surface area contributed by atoms with E-state index in [0.717, 1.165) is 0 Å². The number of sulfonamides is 1. The van der Waals surface area contributed by atoms with Crippen LogP contribution in [-0.4, -0.2) is 38.3 Å². The summed E-state index contributed by atoms with van der Waals surface area (Å²) in [5, 5.41) is 0.468. The molecule has 1 heterocycles. The van der Waals surface area contributed by atoms with Crippen molar-refractivity contribution in [3.05, 3.63) is 65.2 Å². The molecule has 1 aliphatic heterocycles. The molecule has 2 aromatic carbocycles. The van der Waals surface area contributed by atoms with Crippen LogP contribution in [0, 0.1) is 0 Å². The molecule has 0 spiro atoms. The van der Waals surface area contributed by atoms with Crippen molar-refractivity contribution < 1.29 is 27.6 Å². The van der Waals surface area contributed by atoms with Crippen molar-refractivity contribution in [2.75, 3.05) is 7.05 Å². The van der Waals surface area contributed by atoms with Gasteiger partial charge in [-0.2, -0.15) is 0 Å². The molecule has 0 atom stereocenters. The van der Waals surface area contributed by atoms with Crippen LogP contribution in [0.1, 0.15) is 32.7 Å². The van der Waals surface area contributed by atoms with Gasteiger partial charge in [0.1, 0.15) is 0 Å². The first-order chi connectivity index (χ1) is 12.8. The van der Waals surface area contributed by atoms with Gasteiger partial charge in [-0.15, -0.1) is 0 Å². The highest BCUT2D eigenvalue weighted by molar-refractivity contribution is 7.89. The van der Waals surface area contributed by atoms with Crippen LogP contribution in [0.4, 0.5) is 0 Å². The molecule has 0 aliphatic carbocycles. The maximum Gasteiger partial charge on any atom is 0.333 e. The molecular weight excluding hydrogens is 372 g/mol. The molecule has 0 aromatic heterocycles. The number of imide groups is 1. The molecule has 140 valence electrons. The van der Waals surface area contributed by atoms with Gasteiger partial charge in [-0.25, -0.2) is 17.9 Å². The first-order valence-electron chi connectivity index (χ1n) is 8.04. The van der Waals surface area contributed by atoms with E-state index in [4.69, 9.17) is 4.84 Å². The highest BCUT2D eigenvalue weighted by atomic mass is 32.2. The highest BCUT2D eigenvalue weighted by Gasteiger charge is 2.38. The van der Waals surface area contributed by atoms with Crippen LogP contribution < -0.4 is 4.72 Å². The number of nitrogens with zero attached hydrogens (tertiary/aromatic N) is 1. The monoisotopic (exact) mass is 388 g/mol. The zero-order valence-electron chi connectivity index (χ0n) is 14.3. The second-order valence-corrected chi connectivity index (χ2v) is 7.65. The van der Waals surface area contributed by atoms with Crippen LogP contribution in [0.2, 0.25) is 0 Å². The average Bonchev–Trinajstić information content (AvgIpc) is 2.92. The number of hydrogen-bond acceptors (Lipinski definition) is 6. The first kappa shape index (κ1) is 18.7. The minimum atomic E-state index is -3.52. The van der Waals surface area contributed by atoms with Gasteiger partial charge in [-0.05, 0) is 43.3 Å². The highest BCUT2D eigenvalue weighted by Crippen LogP contribution is 2.23. The fourth-order valence-corrected chi connectivity index (χ4v) is 3.33. The van der Waals surface area contributed by atoms with Gasteiger partial charge in [0.05, 0.1) is 22.4 Å². The van der Waals surface area contributed by atoms with E-state index < -0.39 is 27.8 Å². The van der Waals surface area contributed by atoms with Gasteiger partial charge < -0.3 is 4.84 Å². The van der Waals surface area contributed by atoms with Gasteiger partial charge in [0.25, 0.3) is 11.8 Å². The van der Waals surface area contributed by atoms with Gasteiger partial charge in [0.2, 0.25) is 10.0 Å². The molecule has 3 rings (SSSR count). The van der Waals surface area contributed by atoms with Gasteiger partial charge >= 0.3 is 5.97 Å². The number of carbonyl (C=O) groups excluding carboxylic acids is 3. The van der Waals surface area contributed by atoms with Crippen LogP contribution in [0.3, 0.4) is 0 Å². The number of aryl methyl sites for hydroxylation is 1. The second-order valence-electron chi connectivity index (χ2n) is 5.77. The third-order valence-electron chi connectivity index (χ3n) is 4.07. The predicted molar refractivity (Wildman–Crippen MR) is 94.0 cm³/mol. The van der Waals surface area contributed by atoms with Crippen molar-refractivity contribution in [3.8, 4) is 0 Å². The van der Waals surface area contributed by atoms with E-state index in [2.05, 4.69) is 4.72 Å². The second kappa shape index (κ2) is 7.29. The lowest BCUT2D eigenvalue weighted by molar-refractivity contribution is -0.168. The summed E-state index contributed by atoms with van der Waals surface area (Å²) in [4.78, 5) is 41.3. The van der Waals surface area contributed by atoms with E-state index in [9.17, 15) is 22.8 Å². The SMILES string of the molecule is CNS(=O)(=O)c1ccc(CCC(=O)ON2C(=O)c3ccccc3C2=O)cc1. The van der Waals surface area contributed by atoms with Crippen molar-refractivity contribution in [2.24, 2.45) is 0 Å². The Balaban J connectivity index is 1.60. The molecule has 2 amide bonds. The van der Waals surface area contributed by atoms with Crippen LogP contribution in [0.25, 0.3) is 0 Å². The molecule has 9 heteroatoms. The largest absolute Gasteiger partial charge is 0.333 e. The molecule has 2 aromatic rings. The molecule has 0 saturated carbocycles. The Morgan fingerprint density at radius 2 is 1.56 bits per heavy atom. The summed E-state index contributed by atoms with van der Waals surface area (Å²) in [6.07, 6.45) is 0.188. The predicted octanol–water partition coefficient (Wildman–Crippen LogP) is 1.28. The van der Waals surface area contributed by atoms with E-state index in [1.807, 2.05) is 0 Å². The first-order valence-corrected chi connectivity index (χ1v) is 9.53. The summed E-state index contributed by atoms with van der Waals surface area (Å²) >= 11 is 0. The summed E-state index contributed by atoms with van der Waals surface area (Å²) < 4.78 is 25.6. The normalized spacial score (nSPS) is 13.6. The standard InChI is InChI=1S/C18H16N2O6S/c1-19-27(24,25)13-9-6-12(7-10-13)8-11-16(21)26-20-17(22)14-4-2-3-5-15(14)18(20)23/h2-7,9-10,19H,8,11H2,1H3. The van der Waals surface area contributed by atoms with Crippen LogP contribution in [0.5, 0.6) is 0 Å². The van der Waals surface area contributed by atoms with E-state index in [1.54, 1.807) is 24.3 Å². The van der Waals surface area contributed by atoms with Crippen LogP contribution in [0.15, 0.2) is 53.4 Å². The molecule has 0 radical (unpaired) electrons. The van der Waals surface area contributed by atoms with Crippen molar-refractivity contribution in [3.63, 3.8) is 0 Å². The van der Waals surface area contributed by atoms with E-state index in [-0.39, 0.29) is 28.9 Å². The van der Waals surface area contributed by atoms with Gasteiger partial charge in [0.15, 0.2) is 0 Å². The lowest BCUT2D eigenvalue weighted by Crippen LogP contribution is -2.32. The Labute approximate surface area is 155 Å². The molecule has 0 unspecified atom stereocenters. The van der Waals surface area contributed by atoms with Crippen molar-refractivity contribution in [2.45, 2.75) is 17.7 Å². The smallest absolute Gasteiger partial charge is 0.330 e. The number of hydroxylamine groups is 2. The fraction of sp³-hybridized carbons (Fsp3) is 0.167. The quantitative estimate of drug-likeness (QED) is 0.747. The average molecular weight is 388 g/mol. The van der Waals surface area contributed by atoms with Crippen molar-refractivity contribution in [1.82, 2.24) is 9.79 Å². The Kier molecular flexibility index (Phi) is 5.06. The lowest BCUT2D eigenvalue weighted by atomic mass is 10.1. The fourth-order valence-electron chi connectivity index (χ4n) is 2.60. The summed E-state index contributed by atoms with van der Waals surface area (Å²) in [7, 11) is -2.21. The summed E-state index contributed by atoms with van der Waals surface area (Å²) in [6, 6.07) is 12.2. The Morgan fingerprint density at radius 3 is 2.07 bits per heavy atom. The van der Waals surface area contributed by atoms with Crippen molar-refractivity contribution >= 4 is 27.8 Å². The molecule has 0 fully saturated rings. The number of benzene rings is 2. The topological polar surface area (TPSA) is 110 Å². The zero-order chi connectivity index (χ0) is 19.6. The molecule has 8 nitrogen and oxygen atoms in total. The summed E-state index contributed by atoms with van der Waals surface area (Å²) in [6.45, 7) is 0. The molecule has 0 saturated heterocycles. The summed E-state index contributed by atoms with van der Waals surface area (Å²) in [5.41, 5.74) is 1.10. The Hall–Kier alpha value is -3.04. The number of fused-ring (bicyclic) bond motifs is 1. The van der Waals surface area contributed by atoms with Gasteiger partial charge in [0, 0.05) is 0 Å². The number of rotatable bonds is 6. The Bertz CT molecular complexity index is 979. The third kappa shape index (κ3) is 3.74. The molecule has 0 bridgehead atoms. The number of nitrogens with one attached hydrogen (secondary N) is 1. The van der Waals surface area contributed by atoms with Gasteiger partial charge in [-0.1, -0.05) is 29.3 Å². The molecular formula is C18H16N2O6S. The Morgan fingerprint density at radius 1 is 1.00 bits per heavy atom. The van der Waals surface area contributed by atoms with E-state index in [1.165, 1.54) is 31.3 Å². The van der Waals surface area contributed by atoms with E-state index >= 15 is 0 Å². The minimum absolute atomic E-state index is 0.0778. The van der Waals surface area contributed by atoms with Crippen LogP contribution in [-0.2, 0) is 26.1 Å². The lowest BCUT2D eigenvalue weighted by Gasteiger charge is -2.12. The minimum Gasteiger partial charge on any atom is -0.330 e. The number of hydrogen-bond donors (Lipinski definition) is 1. The maximum absolute atomic E-state index is 12.1. The number of amides is 2. The van der Waals surface area contributed by atoms with Crippen molar-refractivity contribution in [1.29, 1.82) is 0 Å². The zero-order valence-corrected chi connectivity index (χ0v) is 15.2. The number of carbonyl (C=O) groups is 3. The van der Waals surface area contributed by atoms with E-state index in [0.29, 0.717) is 10.6 Å². The summed E-state index contributed by atoms with van der Waals surface area (Å²) in [5.74, 6) is -2.09.